The highest BCUT2D eigenvalue weighted by Gasteiger charge is 2.25. The van der Waals surface area contributed by atoms with Crippen molar-refractivity contribution in [2.24, 2.45) is 5.41 Å². The summed E-state index contributed by atoms with van der Waals surface area (Å²) in [6.07, 6.45) is 2.66. The van der Waals surface area contributed by atoms with Gasteiger partial charge in [-0.1, -0.05) is 29.8 Å². The van der Waals surface area contributed by atoms with Crippen LogP contribution in [-0.2, 0) is 0 Å². The van der Waals surface area contributed by atoms with Gasteiger partial charge in [0.15, 0.2) is 0 Å². The normalized spacial score (nSPS) is 15.8. The van der Waals surface area contributed by atoms with Crippen LogP contribution >= 0.6 is 31.9 Å². The number of hydrogen-bond donors (Lipinski definition) is 1. The zero-order valence-corrected chi connectivity index (χ0v) is 14.0. The van der Waals surface area contributed by atoms with E-state index in [1.165, 1.54) is 12.8 Å². The number of halogens is 2. The first-order valence-corrected chi connectivity index (χ1v) is 7.86. The standard InChI is InChI=1S/C14H19Br2NO/c1-14(2,8-17-11-4-5-11)9-18-13-6-3-10(15)7-12(13)16/h3,6-7,11,17H,4-5,8-9H2,1-2H3. The molecule has 0 amide bonds. The quantitative estimate of drug-likeness (QED) is 0.795. The third-order valence-electron chi connectivity index (χ3n) is 2.96. The van der Waals surface area contributed by atoms with E-state index in [1.807, 2.05) is 18.2 Å². The summed E-state index contributed by atoms with van der Waals surface area (Å²) in [6.45, 7) is 6.18. The van der Waals surface area contributed by atoms with E-state index < -0.39 is 0 Å². The second kappa shape index (κ2) is 5.93. The van der Waals surface area contributed by atoms with Gasteiger partial charge in [-0.25, -0.2) is 0 Å². The Bertz CT molecular complexity index is 416. The molecule has 2 rings (SSSR count). The minimum Gasteiger partial charge on any atom is -0.492 e. The van der Waals surface area contributed by atoms with Gasteiger partial charge in [-0.2, -0.15) is 0 Å². The number of hydrogen-bond acceptors (Lipinski definition) is 2. The Hall–Kier alpha value is -0.0600. The molecular formula is C14H19Br2NO. The molecule has 0 atom stereocenters. The zero-order chi connectivity index (χ0) is 13.2. The third-order valence-corrected chi connectivity index (χ3v) is 4.07. The summed E-state index contributed by atoms with van der Waals surface area (Å²) in [4.78, 5) is 0. The minimum absolute atomic E-state index is 0.148. The first kappa shape index (κ1) is 14.4. The molecule has 0 unspecified atom stereocenters. The smallest absolute Gasteiger partial charge is 0.133 e. The molecule has 18 heavy (non-hydrogen) atoms. The first-order chi connectivity index (χ1) is 8.46. The van der Waals surface area contributed by atoms with E-state index in [0.29, 0.717) is 6.61 Å². The summed E-state index contributed by atoms with van der Waals surface area (Å²) in [5, 5.41) is 3.56. The van der Waals surface area contributed by atoms with Gasteiger partial charge in [0.1, 0.15) is 5.75 Å². The molecule has 0 bridgehead atoms. The SMILES string of the molecule is CC(C)(CNC1CC1)COc1ccc(Br)cc1Br. The van der Waals surface area contributed by atoms with E-state index in [-0.39, 0.29) is 5.41 Å². The fraction of sp³-hybridized carbons (Fsp3) is 0.571. The molecule has 1 saturated carbocycles. The van der Waals surface area contributed by atoms with Crippen LogP contribution in [0.3, 0.4) is 0 Å². The summed E-state index contributed by atoms with van der Waals surface area (Å²) in [7, 11) is 0. The molecule has 1 fully saturated rings. The summed E-state index contributed by atoms with van der Waals surface area (Å²) in [5.74, 6) is 0.901. The Morgan fingerprint density at radius 2 is 2.06 bits per heavy atom. The second-order valence-corrected chi connectivity index (χ2v) is 7.45. The van der Waals surface area contributed by atoms with Crippen molar-refractivity contribution in [3.63, 3.8) is 0 Å². The number of ether oxygens (including phenoxy) is 1. The minimum atomic E-state index is 0.148. The van der Waals surface area contributed by atoms with Gasteiger partial charge in [-0.05, 0) is 47.0 Å². The van der Waals surface area contributed by atoms with Gasteiger partial charge in [0, 0.05) is 22.5 Å². The Morgan fingerprint density at radius 1 is 1.33 bits per heavy atom. The Labute approximate surface area is 126 Å². The van der Waals surface area contributed by atoms with Crippen molar-refractivity contribution in [1.29, 1.82) is 0 Å². The topological polar surface area (TPSA) is 21.3 Å². The lowest BCUT2D eigenvalue weighted by Crippen LogP contribution is -2.35. The van der Waals surface area contributed by atoms with Gasteiger partial charge < -0.3 is 10.1 Å². The first-order valence-electron chi connectivity index (χ1n) is 6.27. The monoisotopic (exact) mass is 375 g/mol. The van der Waals surface area contributed by atoms with Crippen molar-refractivity contribution in [1.82, 2.24) is 5.32 Å². The Balaban J connectivity index is 1.84. The predicted octanol–water partition coefficient (Wildman–Crippen LogP) is 4.37. The molecule has 1 aromatic rings. The molecule has 1 aliphatic rings. The molecule has 1 N–H and O–H groups in total. The van der Waals surface area contributed by atoms with Crippen LogP contribution in [0.5, 0.6) is 5.75 Å². The van der Waals surface area contributed by atoms with Gasteiger partial charge in [0.2, 0.25) is 0 Å². The molecule has 0 radical (unpaired) electrons. The lowest BCUT2D eigenvalue weighted by atomic mass is 9.95. The fourth-order valence-corrected chi connectivity index (χ4v) is 2.79. The maximum Gasteiger partial charge on any atom is 0.133 e. The molecule has 1 aliphatic carbocycles. The van der Waals surface area contributed by atoms with Crippen molar-refractivity contribution < 1.29 is 4.74 Å². The van der Waals surface area contributed by atoms with E-state index in [9.17, 15) is 0 Å². The number of rotatable bonds is 6. The lowest BCUT2D eigenvalue weighted by Gasteiger charge is -2.25. The molecule has 0 spiro atoms. The summed E-state index contributed by atoms with van der Waals surface area (Å²) in [6, 6.07) is 6.74. The predicted molar refractivity (Wildman–Crippen MR) is 82.1 cm³/mol. The van der Waals surface area contributed by atoms with Crippen LogP contribution in [0.1, 0.15) is 26.7 Å². The van der Waals surface area contributed by atoms with Crippen molar-refractivity contribution in [3.05, 3.63) is 27.1 Å². The van der Waals surface area contributed by atoms with Gasteiger partial charge in [0.05, 0.1) is 11.1 Å². The highest BCUT2D eigenvalue weighted by molar-refractivity contribution is 9.11. The van der Waals surface area contributed by atoms with E-state index >= 15 is 0 Å². The van der Waals surface area contributed by atoms with Crippen LogP contribution in [0, 0.1) is 5.41 Å². The van der Waals surface area contributed by atoms with Crippen molar-refractivity contribution >= 4 is 31.9 Å². The molecule has 2 nitrogen and oxygen atoms in total. The van der Waals surface area contributed by atoms with Gasteiger partial charge >= 0.3 is 0 Å². The summed E-state index contributed by atoms with van der Waals surface area (Å²) in [5.41, 5.74) is 0.148. The molecule has 0 aliphatic heterocycles. The highest BCUT2D eigenvalue weighted by atomic mass is 79.9. The molecule has 0 saturated heterocycles. The van der Waals surface area contributed by atoms with Crippen molar-refractivity contribution in [2.75, 3.05) is 13.2 Å². The van der Waals surface area contributed by atoms with Crippen LogP contribution < -0.4 is 10.1 Å². The van der Waals surface area contributed by atoms with Gasteiger partial charge in [-0.3, -0.25) is 0 Å². The van der Waals surface area contributed by atoms with E-state index in [4.69, 9.17) is 4.74 Å². The maximum absolute atomic E-state index is 5.90. The zero-order valence-electron chi connectivity index (χ0n) is 10.8. The molecular weight excluding hydrogens is 358 g/mol. The van der Waals surface area contributed by atoms with Crippen LogP contribution in [0.15, 0.2) is 27.1 Å². The van der Waals surface area contributed by atoms with Gasteiger partial charge in [0.25, 0.3) is 0 Å². The number of benzene rings is 1. The van der Waals surface area contributed by atoms with Crippen molar-refractivity contribution in [2.45, 2.75) is 32.7 Å². The number of nitrogens with one attached hydrogen (secondary N) is 1. The molecule has 0 aromatic heterocycles. The average molecular weight is 377 g/mol. The average Bonchev–Trinajstić information content (AvgIpc) is 3.09. The van der Waals surface area contributed by atoms with E-state index in [2.05, 4.69) is 51.0 Å². The Morgan fingerprint density at radius 3 is 2.67 bits per heavy atom. The van der Waals surface area contributed by atoms with Crippen LogP contribution in [0.2, 0.25) is 0 Å². The molecule has 0 heterocycles. The highest BCUT2D eigenvalue weighted by Crippen LogP contribution is 2.30. The largest absolute Gasteiger partial charge is 0.492 e. The molecule has 1 aromatic carbocycles. The van der Waals surface area contributed by atoms with E-state index in [1.54, 1.807) is 0 Å². The molecule has 4 heteroatoms. The molecule has 100 valence electrons. The Kier molecular flexibility index (Phi) is 4.73. The summed E-state index contributed by atoms with van der Waals surface area (Å²) < 4.78 is 7.94. The maximum atomic E-state index is 5.90. The van der Waals surface area contributed by atoms with Crippen LogP contribution in [0.4, 0.5) is 0 Å². The van der Waals surface area contributed by atoms with Gasteiger partial charge in [-0.15, -0.1) is 0 Å². The lowest BCUT2D eigenvalue weighted by molar-refractivity contribution is 0.175. The van der Waals surface area contributed by atoms with Crippen LogP contribution in [0.25, 0.3) is 0 Å². The third kappa shape index (κ3) is 4.56. The fourth-order valence-electron chi connectivity index (χ4n) is 1.62. The van der Waals surface area contributed by atoms with Crippen LogP contribution in [-0.4, -0.2) is 19.2 Å². The van der Waals surface area contributed by atoms with Crippen molar-refractivity contribution in [3.8, 4) is 5.75 Å². The second-order valence-electron chi connectivity index (χ2n) is 5.68. The van der Waals surface area contributed by atoms with E-state index in [0.717, 1.165) is 27.3 Å². The summed E-state index contributed by atoms with van der Waals surface area (Å²) >= 11 is 6.96.